The van der Waals surface area contributed by atoms with Crippen molar-refractivity contribution in [3.63, 3.8) is 0 Å². The number of hydrogen-bond acceptors (Lipinski definition) is 4. The summed E-state index contributed by atoms with van der Waals surface area (Å²) in [5.74, 6) is -0.332. The third-order valence-electron chi connectivity index (χ3n) is 2.39. The quantitative estimate of drug-likeness (QED) is 0.770. The molecule has 98 valence electrons. The van der Waals surface area contributed by atoms with Gasteiger partial charge in [-0.1, -0.05) is 0 Å². The van der Waals surface area contributed by atoms with Gasteiger partial charge in [0.2, 0.25) is 5.91 Å². The Kier molecular flexibility index (Phi) is 3.37. The molecule has 3 amide bonds. The molecule has 1 heterocycles. The molecule has 0 atom stereocenters. The summed E-state index contributed by atoms with van der Waals surface area (Å²) >= 11 is 0. The lowest BCUT2D eigenvalue weighted by Crippen LogP contribution is -2.25. The van der Waals surface area contributed by atoms with E-state index in [4.69, 9.17) is 4.74 Å². The van der Waals surface area contributed by atoms with Crippen molar-refractivity contribution >= 4 is 23.4 Å². The molecule has 0 saturated carbocycles. The zero-order chi connectivity index (χ0) is 14.0. The second-order valence-electron chi connectivity index (χ2n) is 3.98. The van der Waals surface area contributed by atoms with E-state index in [1.165, 1.54) is 26.2 Å². The third kappa shape index (κ3) is 2.82. The molecular formula is C12H11N3O4. The lowest BCUT2D eigenvalue weighted by molar-refractivity contribution is -0.124. The zero-order valence-corrected chi connectivity index (χ0v) is 10.4. The first kappa shape index (κ1) is 12.9. The van der Waals surface area contributed by atoms with Crippen molar-refractivity contribution in [3.05, 3.63) is 22.8 Å². The van der Waals surface area contributed by atoms with E-state index in [1.807, 2.05) is 0 Å². The van der Waals surface area contributed by atoms with E-state index in [-0.39, 0.29) is 12.2 Å². The Balaban J connectivity index is 2.36. The number of methoxy groups -OCH3 is 1. The van der Waals surface area contributed by atoms with E-state index in [0.29, 0.717) is 22.2 Å². The third-order valence-corrected chi connectivity index (χ3v) is 2.39. The molecule has 0 unspecified atom stereocenters. The molecule has 7 heteroatoms. The monoisotopic (exact) mass is 261 g/mol. The van der Waals surface area contributed by atoms with Gasteiger partial charge in [0.05, 0.1) is 13.5 Å². The van der Waals surface area contributed by atoms with Crippen molar-refractivity contribution in [2.24, 2.45) is 9.98 Å². The van der Waals surface area contributed by atoms with E-state index in [2.05, 4.69) is 15.3 Å². The normalized spacial score (nSPS) is 12.2. The average molecular weight is 261 g/mol. The molecule has 19 heavy (non-hydrogen) atoms. The number of carbonyl (C=O) groups is 3. The van der Waals surface area contributed by atoms with Crippen LogP contribution in [0.4, 0.5) is 10.5 Å². The number of rotatable bonds is 4. The van der Waals surface area contributed by atoms with Crippen LogP contribution in [0.1, 0.15) is 13.3 Å². The fraction of sp³-hybridized carbons (Fsp3) is 0.250. The Hall–Kier alpha value is -2.57. The standard InChI is InChI=1S/C12H11N3O4/c1-6(16)3-10(17)13-7-4-8-11(9(5-7)19-2)15-12(18)14-8/h4-5H,3H2,1-2H3,(H,13,17). The molecule has 0 fully saturated rings. The fourth-order valence-corrected chi connectivity index (χ4v) is 1.67. The number of ketones is 1. The first-order chi connectivity index (χ1) is 8.99. The number of carbonyl (C=O) groups excluding carboxylic acids is 3. The topological polar surface area (TPSA) is 97.2 Å². The number of amides is 3. The Morgan fingerprint density at radius 3 is 2.68 bits per heavy atom. The first-order valence-corrected chi connectivity index (χ1v) is 5.48. The van der Waals surface area contributed by atoms with Crippen molar-refractivity contribution in [3.8, 4) is 5.75 Å². The van der Waals surface area contributed by atoms with Gasteiger partial charge in [-0.15, -0.1) is 0 Å². The number of urea groups is 1. The molecule has 1 aromatic rings. The molecule has 0 aromatic heterocycles. The largest absolute Gasteiger partial charge is 0.494 e. The van der Waals surface area contributed by atoms with Crippen molar-refractivity contribution in [1.29, 1.82) is 0 Å². The molecule has 1 N–H and O–H groups in total. The molecule has 0 spiro atoms. The van der Waals surface area contributed by atoms with E-state index in [1.54, 1.807) is 0 Å². The zero-order valence-electron chi connectivity index (χ0n) is 10.4. The SMILES string of the molecule is COc1cc(NC(=O)CC(C)=O)cc2c1=NC(=O)N=2. The van der Waals surface area contributed by atoms with Gasteiger partial charge in [0.15, 0.2) is 0 Å². The molecule has 0 bridgehead atoms. The van der Waals surface area contributed by atoms with Crippen molar-refractivity contribution in [2.45, 2.75) is 13.3 Å². The Bertz CT molecular complexity index is 694. The summed E-state index contributed by atoms with van der Waals surface area (Å²) in [7, 11) is 1.43. The number of nitrogens with one attached hydrogen (secondary N) is 1. The summed E-state index contributed by atoms with van der Waals surface area (Å²) in [5, 5.41) is 3.22. The summed E-state index contributed by atoms with van der Waals surface area (Å²) in [6.45, 7) is 1.33. The number of anilines is 1. The second kappa shape index (κ2) is 4.97. The van der Waals surface area contributed by atoms with Crippen LogP contribution < -0.4 is 20.8 Å². The molecule has 0 radical (unpaired) electrons. The maximum Gasteiger partial charge on any atom is 0.368 e. The molecule has 2 rings (SSSR count). The molecule has 1 aromatic carbocycles. The van der Waals surface area contributed by atoms with Gasteiger partial charge in [-0.25, -0.2) is 4.79 Å². The van der Waals surface area contributed by atoms with Gasteiger partial charge in [-0.2, -0.15) is 9.98 Å². The Morgan fingerprint density at radius 1 is 1.32 bits per heavy atom. The predicted molar refractivity (Wildman–Crippen MR) is 64.6 cm³/mol. The van der Waals surface area contributed by atoms with Gasteiger partial charge >= 0.3 is 6.03 Å². The fourth-order valence-electron chi connectivity index (χ4n) is 1.67. The smallest absolute Gasteiger partial charge is 0.368 e. The van der Waals surface area contributed by atoms with Crippen LogP contribution in [0.15, 0.2) is 22.1 Å². The number of nitrogens with zero attached hydrogens (tertiary/aromatic N) is 2. The van der Waals surface area contributed by atoms with E-state index < -0.39 is 11.9 Å². The van der Waals surface area contributed by atoms with E-state index >= 15 is 0 Å². The van der Waals surface area contributed by atoms with Gasteiger partial charge in [0.25, 0.3) is 0 Å². The highest BCUT2D eigenvalue weighted by Crippen LogP contribution is 2.11. The molecular weight excluding hydrogens is 250 g/mol. The lowest BCUT2D eigenvalue weighted by Gasteiger charge is -2.05. The molecule has 7 nitrogen and oxygen atoms in total. The van der Waals surface area contributed by atoms with Crippen LogP contribution in [-0.2, 0) is 9.59 Å². The number of fused-ring (bicyclic) bond motifs is 1. The van der Waals surface area contributed by atoms with Crippen molar-refractivity contribution < 1.29 is 19.1 Å². The first-order valence-electron chi connectivity index (χ1n) is 5.48. The van der Waals surface area contributed by atoms with Gasteiger partial charge in [0.1, 0.15) is 22.2 Å². The van der Waals surface area contributed by atoms with E-state index in [9.17, 15) is 14.4 Å². The number of ether oxygens (including phenoxy) is 1. The highest BCUT2D eigenvalue weighted by Gasteiger charge is 2.13. The lowest BCUT2D eigenvalue weighted by atomic mass is 10.2. The summed E-state index contributed by atoms with van der Waals surface area (Å²) < 4.78 is 5.08. The number of Topliss-reactive ketones (excluding diaryl/α,β-unsaturated/α-hetero) is 1. The Labute approximate surface area is 108 Å². The second-order valence-corrected chi connectivity index (χ2v) is 3.98. The summed E-state index contributed by atoms with van der Waals surface area (Å²) in [6.07, 6.45) is -0.208. The molecule has 1 aliphatic heterocycles. The molecule has 0 aliphatic carbocycles. The van der Waals surface area contributed by atoms with Crippen molar-refractivity contribution in [1.82, 2.24) is 0 Å². The van der Waals surface area contributed by atoms with Gasteiger partial charge < -0.3 is 10.1 Å². The maximum absolute atomic E-state index is 11.5. The highest BCUT2D eigenvalue weighted by molar-refractivity contribution is 6.03. The average Bonchev–Trinajstić information content (AvgIpc) is 2.66. The van der Waals surface area contributed by atoms with Crippen molar-refractivity contribution in [2.75, 3.05) is 12.4 Å². The predicted octanol–water partition coefficient (Wildman–Crippen LogP) is -0.0144. The van der Waals surface area contributed by atoms with Gasteiger partial charge in [-0.3, -0.25) is 9.59 Å². The van der Waals surface area contributed by atoms with Gasteiger partial charge in [-0.05, 0) is 13.0 Å². The summed E-state index contributed by atoms with van der Waals surface area (Å²) in [4.78, 5) is 40.8. The number of benzene rings is 1. The van der Waals surface area contributed by atoms with Crippen LogP contribution in [0.5, 0.6) is 5.75 Å². The van der Waals surface area contributed by atoms with Crippen LogP contribution in [0.25, 0.3) is 0 Å². The Morgan fingerprint density at radius 2 is 2.05 bits per heavy atom. The minimum Gasteiger partial charge on any atom is -0.494 e. The molecule has 1 aliphatic rings. The maximum atomic E-state index is 11.5. The minimum atomic E-state index is -0.611. The number of hydrogen-bond donors (Lipinski definition) is 1. The van der Waals surface area contributed by atoms with Crippen LogP contribution in [0.2, 0.25) is 0 Å². The summed E-state index contributed by atoms with van der Waals surface area (Å²) in [5.41, 5.74) is 0.399. The molecule has 0 saturated heterocycles. The van der Waals surface area contributed by atoms with E-state index in [0.717, 1.165) is 0 Å². The minimum absolute atomic E-state index is 0.208. The van der Waals surface area contributed by atoms with Crippen LogP contribution in [0, 0.1) is 0 Å². The van der Waals surface area contributed by atoms with Crippen LogP contribution >= 0.6 is 0 Å². The van der Waals surface area contributed by atoms with Gasteiger partial charge in [0, 0.05) is 11.8 Å². The van der Waals surface area contributed by atoms with Crippen LogP contribution in [0.3, 0.4) is 0 Å². The summed E-state index contributed by atoms with van der Waals surface area (Å²) in [6, 6.07) is 2.42. The highest BCUT2D eigenvalue weighted by atomic mass is 16.5. The van der Waals surface area contributed by atoms with Crippen LogP contribution in [-0.4, -0.2) is 24.8 Å².